The molecular formula is C65H112O6. The lowest BCUT2D eigenvalue weighted by Gasteiger charge is -2.18. The molecule has 0 radical (unpaired) electrons. The maximum Gasteiger partial charge on any atom is 0.306 e. The molecule has 0 rings (SSSR count). The number of hydrogen-bond donors (Lipinski definition) is 0. The normalized spacial score (nSPS) is 12.7. The molecule has 408 valence electrons. The summed E-state index contributed by atoms with van der Waals surface area (Å²) in [5.41, 5.74) is 0. The van der Waals surface area contributed by atoms with Crippen LogP contribution in [0, 0.1) is 0 Å². The highest BCUT2D eigenvalue weighted by Gasteiger charge is 2.19. The van der Waals surface area contributed by atoms with Crippen LogP contribution in [-0.2, 0) is 28.6 Å². The fraction of sp³-hybridized carbons (Fsp3) is 0.738. The second kappa shape index (κ2) is 59.2. The Balaban J connectivity index is 4.32. The first-order chi connectivity index (χ1) is 35.0. The van der Waals surface area contributed by atoms with Crippen LogP contribution >= 0.6 is 0 Å². The van der Waals surface area contributed by atoms with Crippen molar-refractivity contribution in [1.29, 1.82) is 0 Å². The van der Waals surface area contributed by atoms with Crippen molar-refractivity contribution in [2.24, 2.45) is 0 Å². The summed E-state index contributed by atoms with van der Waals surface area (Å²) in [6.07, 6.45) is 77.2. The van der Waals surface area contributed by atoms with Gasteiger partial charge in [0.25, 0.3) is 0 Å². The fourth-order valence-electron chi connectivity index (χ4n) is 8.42. The van der Waals surface area contributed by atoms with E-state index in [2.05, 4.69) is 106 Å². The first-order valence-electron chi connectivity index (χ1n) is 30.1. The molecule has 0 aromatic carbocycles. The molecule has 71 heavy (non-hydrogen) atoms. The number of hydrogen-bond acceptors (Lipinski definition) is 6. The van der Waals surface area contributed by atoms with Gasteiger partial charge in [-0.1, -0.05) is 279 Å². The molecule has 0 saturated carbocycles. The average molecular weight is 990 g/mol. The van der Waals surface area contributed by atoms with Gasteiger partial charge < -0.3 is 14.2 Å². The van der Waals surface area contributed by atoms with E-state index in [1.807, 2.05) is 0 Å². The number of ether oxygens (including phenoxy) is 3. The third-order valence-electron chi connectivity index (χ3n) is 12.9. The Bertz CT molecular complexity index is 1370. The van der Waals surface area contributed by atoms with E-state index >= 15 is 0 Å². The van der Waals surface area contributed by atoms with Gasteiger partial charge in [-0.2, -0.15) is 0 Å². The number of unbranched alkanes of at least 4 members (excludes halogenated alkanes) is 29. The van der Waals surface area contributed by atoms with Crippen molar-refractivity contribution in [3.63, 3.8) is 0 Å². The molecule has 0 saturated heterocycles. The summed E-state index contributed by atoms with van der Waals surface area (Å²) in [7, 11) is 0. The predicted molar refractivity (Wildman–Crippen MR) is 307 cm³/mol. The van der Waals surface area contributed by atoms with Gasteiger partial charge in [0.1, 0.15) is 13.2 Å². The van der Waals surface area contributed by atoms with E-state index in [0.717, 1.165) is 122 Å². The van der Waals surface area contributed by atoms with E-state index in [1.54, 1.807) is 0 Å². The van der Waals surface area contributed by atoms with Gasteiger partial charge in [0, 0.05) is 19.3 Å². The molecular weight excluding hydrogens is 877 g/mol. The standard InChI is InChI=1S/C65H112O6/c1-4-7-10-13-16-19-22-25-26-27-28-29-30-31-32-33-34-35-36-37-38-41-43-46-49-52-55-58-64(67)70-61-62(71-65(68)59-56-53-50-47-44-40-24-21-18-15-12-9-6-3)60-69-63(66)57-54-51-48-45-42-39-23-20-17-14-11-8-5-2/h7,10,16,19,25-26,28-29,31-32,34-35,37-38,62H,4-6,8-9,11-15,17-18,20-24,27,30,33,36,39-61H2,1-3H3/b10-7-,19-16-,26-25-,29-28-,32-31-,35-34-,38-37-. The summed E-state index contributed by atoms with van der Waals surface area (Å²) >= 11 is 0. The summed E-state index contributed by atoms with van der Waals surface area (Å²) in [5, 5.41) is 0. The van der Waals surface area contributed by atoms with Crippen molar-refractivity contribution in [1.82, 2.24) is 0 Å². The summed E-state index contributed by atoms with van der Waals surface area (Å²) < 4.78 is 16.9. The predicted octanol–water partition coefficient (Wildman–Crippen LogP) is 20.3. The highest BCUT2D eigenvalue weighted by atomic mass is 16.6. The lowest BCUT2D eigenvalue weighted by Crippen LogP contribution is -2.30. The molecule has 0 aromatic rings. The van der Waals surface area contributed by atoms with Crippen molar-refractivity contribution in [2.45, 2.75) is 297 Å². The van der Waals surface area contributed by atoms with Crippen LogP contribution in [0.1, 0.15) is 290 Å². The third kappa shape index (κ3) is 57.4. The van der Waals surface area contributed by atoms with Gasteiger partial charge in [0.05, 0.1) is 0 Å². The molecule has 1 atom stereocenters. The van der Waals surface area contributed by atoms with Crippen molar-refractivity contribution in [2.75, 3.05) is 13.2 Å². The highest BCUT2D eigenvalue weighted by Crippen LogP contribution is 2.16. The summed E-state index contributed by atoms with van der Waals surface area (Å²) in [5.74, 6) is -0.888. The zero-order chi connectivity index (χ0) is 51.4. The van der Waals surface area contributed by atoms with E-state index in [9.17, 15) is 14.4 Å². The SMILES string of the molecule is CC/C=C\C/C=C\C/C=C\C/C=C\C/C=C\C/C=C\C/C=C\CCCCCCCC(=O)OCC(COC(=O)CCCCCCCCCCCCCCC)OC(=O)CCCCCCCCCCCCCCC. The molecule has 0 aliphatic heterocycles. The van der Waals surface area contributed by atoms with Gasteiger partial charge in [-0.05, 0) is 77.0 Å². The third-order valence-corrected chi connectivity index (χ3v) is 12.9. The number of carbonyl (C=O) groups is 3. The summed E-state index contributed by atoms with van der Waals surface area (Å²) in [4.78, 5) is 38.1. The van der Waals surface area contributed by atoms with Crippen molar-refractivity contribution < 1.29 is 28.6 Å². The number of carbonyl (C=O) groups excluding carboxylic acids is 3. The number of allylic oxidation sites excluding steroid dienone is 14. The van der Waals surface area contributed by atoms with Gasteiger partial charge in [-0.25, -0.2) is 0 Å². The monoisotopic (exact) mass is 989 g/mol. The van der Waals surface area contributed by atoms with Crippen LogP contribution in [0.15, 0.2) is 85.1 Å². The zero-order valence-corrected chi connectivity index (χ0v) is 46.7. The minimum Gasteiger partial charge on any atom is -0.462 e. The second-order valence-corrected chi connectivity index (χ2v) is 19.9. The Morgan fingerprint density at radius 2 is 0.549 bits per heavy atom. The molecule has 0 fully saturated rings. The molecule has 0 bridgehead atoms. The zero-order valence-electron chi connectivity index (χ0n) is 46.7. The maximum atomic E-state index is 12.8. The Hall–Kier alpha value is -3.41. The maximum absolute atomic E-state index is 12.8. The molecule has 0 aromatic heterocycles. The Kier molecular flexibility index (Phi) is 56.3. The van der Waals surface area contributed by atoms with Crippen molar-refractivity contribution in [3.8, 4) is 0 Å². The molecule has 0 spiro atoms. The van der Waals surface area contributed by atoms with E-state index < -0.39 is 6.10 Å². The minimum atomic E-state index is -0.781. The highest BCUT2D eigenvalue weighted by molar-refractivity contribution is 5.71. The van der Waals surface area contributed by atoms with Crippen LogP contribution in [0.4, 0.5) is 0 Å². The number of esters is 3. The quantitative estimate of drug-likeness (QED) is 0.0261. The van der Waals surface area contributed by atoms with Gasteiger partial charge in [0.2, 0.25) is 0 Å². The molecule has 0 amide bonds. The largest absolute Gasteiger partial charge is 0.462 e. The smallest absolute Gasteiger partial charge is 0.306 e. The molecule has 1 unspecified atom stereocenters. The van der Waals surface area contributed by atoms with E-state index in [0.29, 0.717) is 19.3 Å². The molecule has 0 aliphatic carbocycles. The molecule has 6 heteroatoms. The van der Waals surface area contributed by atoms with Crippen LogP contribution in [0.5, 0.6) is 0 Å². The average Bonchev–Trinajstić information content (AvgIpc) is 3.37. The Morgan fingerprint density at radius 3 is 0.859 bits per heavy atom. The van der Waals surface area contributed by atoms with Gasteiger partial charge in [-0.15, -0.1) is 0 Å². The lowest BCUT2D eigenvalue weighted by atomic mass is 10.0. The fourth-order valence-corrected chi connectivity index (χ4v) is 8.42. The minimum absolute atomic E-state index is 0.0786. The summed E-state index contributed by atoms with van der Waals surface area (Å²) in [6, 6.07) is 0. The molecule has 6 nitrogen and oxygen atoms in total. The van der Waals surface area contributed by atoms with Gasteiger partial charge in [0.15, 0.2) is 6.10 Å². The molecule has 0 N–H and O–H groups in total. The van der Waals surface area contributed by atoms with E-state index in [-0.39, 0.29) is 31.1 Å². The van der Waals surface area contributed by atoms with E-state index in [4.69, 9.17) is 14.2 Å². The van der Waals surface area contributed by atoms with Crippen LogP contribution < -0.4 is 0 Å². The lowest BCUT2D eigenvalue weighted by molar-refractivity contribution is -0.167. The van der Waals surface area contributed by atoms with E-state index in [1.165, 1.54) is 128 Å². The van der Waals surface area contributed by atoms with Crippen LogP contribution in [0.3, 0.4) is 0 Å². The molecule has 0 aliphatic rings. The van der Waals surface area contributed by atoms with Crippen LogP contribution in [0.25, 0.3) is 0 Å². The van der Waals surface area contributed by atoms with Crippen LogP contribution in [0.2, 0.25) is 0 Å². The first kappa shape index (κ1) is 67.6. The molecule has 0 heterocycles. The second-order valence-electron chi connectivity index (χ2n) is 19.9. The van der Waals surface area contributed by atoms with Crippen molar-refractivity contribution >= 4 is 17.9 Å². The van der Waals surface area contributed by atoms with Gasteiger partial charge in [-0.3, -0.25) is 14.4 Å². The number of rotatable bonds is 54. The topological polar surface area (TPSA) is 78.9 Å². The summed E-state index contributed by atoms with van der Waals surface area (Å²) in [6.45, 7) is 6.53. The first-order valence-corrected chi connectivity index (χ1v) is 30.1. The Morgan fingerprint density at radius 1 is 0.296 bits per heavy atom. The van der Waals surface area contributed by atoms with Crippen LogP contribution in [-0.4, -0.2) is 37.2 Å². The van der Waals surface area contributed by atoms with Gasteiger partial charge >= 0.3 is 17.9 Å². The van der Waals surface area contributed by atoms with Crippen molar-refractivity contribution in [3.05, 3.63) is 85.1 Å². The Labute approximate surface area is 439 Å².